The van der Waals surface area contributed by atoms with E-state index in [4.69, 9.17) is 4.74 Å². The zero-order valence-corrected chi connectivity index (χ0v) is 14.5. The summed E-state index contributed by atoms with van der Waals surface area (Å²) in [4.78, 5) is 0. The lowest BCUT2D eigenvalue weighted by Crippen LogP contribution is -2.47. The molecule has 124 valence electrons. The predicted molar refractivity (Wildman–Crippen MR) is 88.2 cm³/mol. The van der Waals surface area contributed by atoms with E-state index in [1.54, 1.807) is 11.4 Å². The third kappa shape index (κ3) is 4.21. The van der Waals surface area contributed by atoms with Gasteiger partial charge in [-0.1, -0.05) is 25.1 Å². The summed E-state index contributed by atoms with van der Waals surface area (Å²) in [7, 11) is -1.75. The molecule has 6 heteroatoms. The number of hydrogen-bond acceptors (Lipinski definition) is 3. The first-order valence-corrected chi connectivity index (χ1v) is 9.21. The molecule has 2 rings (SSSR count). The lowest BCUT2D eigenvalue weighted by molar-refractivity contribution is 0.247. The van der Waals surface area contributed by atoms with Crippen molar-refractivity contribution in [1.29, 1.82) is 0 Å². The van der Waals surface area contributed by atoms with Crippen molar-refractivity contribution in [2.75, 3.05) is 33.3 Å². The van der Waals surface area contributed by atoms with E-state index in [1.807, 2.05) is 31.2 Å². The van der Waals surface area contributed by atoms with Crippen LogP contribution >= 0.6 is 0 Å². The van der Waals surface area contributed by atoms with Crippen LogP contribution in [0, 0.1) is 12.8 Å². The molecule has 1 aromatic rings. The molecule has 0 saturated carbocycles. The van der Waals surface area contributed by atoms with E-state index in [0.29, 0.717) is 32.2 Å². The number of piperidine rings is 1. The minimum Gasteiger partial charge on any atom is -0.492 e. The second kappa shape index (κ2) is 7.44. The standard InChI is InChI=1S/C16H26N2O3S/c1-14-7-6-10-18(13-14)22(19,20)17(3)11-12-21-16-9-5-4-8-15(16)2/h4-5,8-9,14H,6-7,10-13H2,1-3H3. The van der Waals surface area contributed by atoms with E-state index in [1.165, 1.54) is 4.31 Å². The summed E-state index contributed by atoms with van der Waals surface area (Å²) in [6.45, 7) is 6.01. The first kappa shape index (κ1) is 17.2. The van der Waals surface area contributed by atoms with Crippen LogP contribution in [0.15, 0.2) is 24.3 Å². The van der Waals surface area contributed by atoms with Crippen LogP contribution in [0.1, 0.15) is 25.3 Å². The lowest BCUT2D eigenvalue weighted by Gasteiger charge is -2.33. The largest absolute Gasteiger partial charge is 0.492 e. The normalized spacial score (nSPS) is 20.3. The SMILES string of the molecule is Cc1ccccc1OCCN(C)S(=O)(=O)N1CCCC(C)C1. The van der Waals surface area contributed by atoms with Gasteiger partial charge in [0, 0.05) is 26.7 Å². The first-order valence-electron chi connectivity index (χ1n) is 7.81. The van der Waals surface area contributed by atoms with Crippen LogP contribution < -0.4 is 4.74 Å². The van der Waals surface area contributed by atoms with Gasteiger partial charge in [0.25, 0.3) is 10.2 Å². The summed E-state index contributed by atoms with van der Waals surface area (Å²) in [5.41, 5.74) is 1.05. The Hall–Kier alpha value is -1.11. The van der Waals surface area contributed by atoms with Gasteiger partial charge in [-0.25, -0.2) is 0 Å². The molecule has 1 fully saturated rings. The first-order chi connectivity index (χ1) is 10.4. The molecule has 0 amide bonds. The van der Waals surface area contributed by atoms with Gasteiger partial charge in [0.05, 0.1) is 0 Å². The van der Waals surface area contributed by atoms with Crippen molar-refractivity contribution in [1.82, 2.24) is 8.61 Å². The number of aryl methyl sites for hydroxylation is 1. The highest BCUT2D eigenvalue weighted by Gasteiger charge is 2.30. The summed E-state index contributed by atoms with van der Waals surface area (Å²) in [6, 6.07) is 7.75. The van der Waals surface area contributed by atoms with Gasteiger partial charge in [-0.3, -0.25) is 0 Å². The van der Waals surface area contributed by atoms with Crippen molar-refractivity contribution in [2.45, 2.75) is 26.7 Å². The Morgan fingerprint density at radius 3 is 2.77 bits per heavy atom. The molecule has 0 aliphatic carbocycles. The molecule has 0 aromatic heterocycles. The van der Waals surface area contributed by atoms with Gasteiger partial charge >= 0.3 is 0 Å². The van der Waals surface area contributed by atoms with E-state index >= 15 is 0 Å². The summed E-state index contributed by atoms with van der Waals surface area (Å²) >= 11 is 0. The highest BCUT2D eigenvalue weighted by molar-refractivity contribution is 7.86. The molecule has 0 radical (unpaired) electrons. The third-order valence-electron chi connectivity index (χ3n) is 4.10. The minimum absolute atomic E-state index is 0.349. The highest BCUT2D eigenvalue weighted by atomic mass is 32.2. The van der Waals surface area contributed by atoms with Crippen LogP contribution in [0.25, 0.3) is 0 Å². The van der Waals surface area contributed by atoms with Crippen LogP contribution in [0.5, 0.6) is 5.75 Å². The van der Waals surface area contributed by atoms with Crippen molar-refractivity contribution in [3.8, 4) is 5.75 Å². The molecule has 22 heavy (non-hydrogen) atoms. The Labute approximate surface area is 134 Å². The average molecular weight is 326 g/mol. The van der Waals surface area contributed by atoms with Gasteiger partial charge in [-0.05, 0) is 37.3 Å². The fourth-order valence-corrected chi connectivity index (χ4v) is 4.17. The molecular weight excluding hydrogens is 300 g/mol. The fraction of sp³-hybridized carbons (Fsp3) is 0.625. The maximum Gasteiger partial charge on any atom is 0.281 e. The number of para-hydroxylation sites is 1. The number of rotatable bonds is 6. The number of likely N-dealkylation sites (N-methyl/N-ethyl adjacent to an activating group) is 1. The van der Waals surface area contributed by atoms with Crippen molar-refractivity contribution in [2.24, 2.45) is 5.92 Å². The monoisotopic (exact) mass is 326 g/mol. The van der Waals surface area contributed by atoms with Crippen LogP contribution in [0.2, 0.25) is 0 Å². The fourth-order valence-electron chi connectivity index (χ4n) is 2.67. The second-order valence-electron chi connectivity index (χ2n) is 6.05. The number of benzene rings is 1. The molecule has 1 aromatic carbocycles. The van der Waals surface area contributed by atoms with E-state index in [-0.39, 0.29) is 0 Å². The van der Waals surface area contributed by atoms with Crippen LogP contribution in [-0.4, -0.2) is 50.3 Å². The van der Waals surface area contributed by atoms with Gasteiger partial charge in [0.2, 0.25) is 0 Å². The molecule has 1 unspecified atom stereocenters. The topological polar surface area (TPSA) is 49.9 Å². The van der Waals surface area contributed by atoms with Gasteiger partial charge in [0.1, 0.15) is 12.4 Å². The van der Waals surface area contributed by atoms with Crippen LogP contribution in [-0.2, 0) is 10.2 Å². The Balaban J connectivity index is 1.88. The smallest absolute Gasteiger partial charge is 0.281 e. The van der Waals surface area contributed by atoms with Crippen molar-refractivity contribution in [3.63, 3.8) is 0 Å². The van der Waals surface area contributed by atoms with E-state index in [9.17, 15) is 8.42 Å². The maximum absolute atomic E-state index is 12.5. The third-order valence-corrected chi connectivity index (χ3v) is 6.05. The van der Waals surface area contributed by atoms with Crippen molar-refractivity contribution >= 4 is 10.2 Å². The molecule has 1 aliphatic heterocycles. The Kier molecular flexibility index (Phi) is 5.83. The molecule has 1 saturated heterocycles. The van der Waals surface area contributed by atoms with Crippen molar-refractivity contribution in [3.05, 3.63) is 29.8 Å². The molecular formula is C16H26N2O3S. The van der Waals surface area contributed by atoms with E-state index in [0.717, 1.165) is 24.2 Å². The van der Waals surface area contributed by atoms with Gasteiger partial charge in [-0.15, -0.1) is 0 Å². The van der Waals surface area contributed by atoms with Gasteiger partial charge in [0.15, 0.2) is 0 Å². The molecule has 0 spiro atoms. The highest BCUT2D eigenvalue weighted by Crippen LogP contribution is 2.20. The summed E-state index contributed by atoms with van der Waals surface area (Å²) < 4.78 is 33.7. The van der Waals surface area contributed by atoms with Gasteiger partial charge < -0.3 is 4.74 Å². The summed E-state index contributed by atoms with van der Waals surface area (Å²) in [5, 5.41) is 0. The number of nitrogens with zero attached hydrogens (tertiary/aromatic N) is 2. The zero-order chi connectivity index (χ0) is 16.2. The molecule has 0 bridgehead atoms. The average Bonchev–Trinajstić information content (AvgIpc) is 2.49. The van der Waals surface area contributed by atoms with Crippen LogP contribution in [0.3, 0.4) is 0 Å². The minimum atomic E-state index is -3.37. The Morgan fingerprint density at radius 2 is 2.09 bits per heavy atom. The Bertz CT molecular complexity index is 589. The summed E-state index contributed by atoms with van der Waals surface area (Å²) in [6.07, 6.45) is 2.04. The molecule has 1 aliphatic rings. The lowest BCUT2D eigenvalue weighted by atomic mass is 10.0. The van der Waals surface area contributed by atoms with E-state index < -0.39 is 10.2 Å². The predicted octanol–water partition coefficient (Wildman–Crippen LogP) is 2.28. The number of hydrogen-bond donors (Lipinski definition) is 0. The number of ether oxygens (including phenoxy) is 1. The van der Waals surface area contributed by atoms with Crippen molar-refractivity contribution < 1.29 is 13.2 Å². The van der Waals surface area contributed by atoms with Crippen LogP contribution in [0.4, 0.5) is 0 Å². The molecule has 5 nitrogen and oxygen atoms in total. The molecule has 1 atom stereocenters. The Morgan fingerprint density at radius 1 is 1.36 bits per heavy atom. The van der Waals surface area contributed by atoms with E-state index in [2.05, 4.69) is 6.92 Å². The molecule has 1 heterocycles. The second-order valence-corrected chi connectivity index (χ2v) is 8.08. The molecule has 0 N–H and O–H groups in total. The zero-order valence-electron chi connectivity index (χ0n) is 13.7. The maximum atomic E-state index is 12.5. The summed E-state index contributed by atoms with van der Waals surface area (Å²) in [5.74, 6) is 1.24. The van der Waals surface area contributed by atoms with Gasteiger partial charge in [-0.2, -0.15) is 17.0 Å². The quantitative estimate of drug-likeness (QED) is 0.806.